The molecule has 3 saturated heterocycles. The highest BCUT2D eigenvalue weighted by molar-refractivity contribution is 5.80. The SMILES string of the molecule is CCN1CCCCC1CNC(=NC)N1CCC(CN2CCCC2)C1. The summed E-state index contributed by atoms with van der Waals surface area (Å²) in [5, 5.41) is 3.68. The van der Waals surface area contributed by atoms with E-state index in [1.165, 1.54) is 84.3 Å². The minimum Gasteiger partial charge on any atom is -0.355 e. The lowest BCUT2D eigenvalue weighted by Crippen LogP contribution is -2.49. The molecule has 0 aromatic carbocycles. The molecule has 24 heavy (non-hydrogen) atoms. The molecule has 3 aliphatic rings. The first-order chi connectivity index (χ1) is 11.8. The van der Waals surface area contributed by atoms with Crippen molar-refractivity contribution in [2.24, 2.45) is 10.9 Å². The number of hydrogen-bond acceptors (Lipinski definition) is 3. The summed E-state index contributed by atoms with van der Waals surface area (Å²) in [6.45, 7) is 12.1. The second-order valence-corrected chi connectivity index (χ2v) is 7.81. The van der Waals surface area contributed by atoms with Crippen molar-refractivity contribution in [1.82, 2.24) is 20.0 Å². The van der Waals surface area contributed by atoms with Crippen molar-refractivity contribution in [3.05, 3.63) is 0 Å². The quantitative estimate of drug-likeness (QED) is 0.614. The van der Waals surface area contributed by atoms with Crippen LogP contribution in [0.25, 0.3) is 0 Å². The van der Waals surface area contributed by atoms with E-state index < -0.39 is 0 Å². The summed E-state index contributed by atoms with van der Waals surface area (Å²) in [5.41, 5.74) is 0. The maximum Gasteiger partial charge on any atom is 0.193 e. The highest BCUT2D eigenvalue weighted by Crippen LogP contribution is 2.20. The fraction of sp³-hybridized carbons (Fsp3) is 0.947. The van der Waals surface area contributed by atoms with Crippen LogP contribution in [-0.2, 0) is 0 Å². The van der Waals surface area contributed by atoms with Crippen molar-refractivity contribution in [3.63, 3.8) is 0 Å². The van der Waals surface area contributed by atoms with Gasteiger partial charge in [0.25, 0.3) is 0 Å². The van der Waals surface area contributed by atoms with Crippen molar-refractivity contribution in [2.45, 2.75) is 51.5 Å². The number of hydrogen-bond donors (Lipinski definition) is 1. The fourth-order valence-corrected chi connectivity index (χ4v) is 4.75. The van der Waals surface area contributed by atoms with Gasteiger partial charge in [-0.2, -0.15) is 0 Å². The highest BCUT2D eigenvalue weighted by atomic mass is 15.3. The molecule has 3 heterocycles. The van der Waals surface area contributed by atoms with Crippen LogP contribution < -0.4 is 5.32 Å². The number of likely N-dealkylation sites (N-methyl/N-ethyl adjacent to an activating group) is 1. The molecule has 0 aromatic rings. The van der Waals surface area contributed by atoms with Crippen molar-refractivity contribution in [3.8, 4) is 0 Å². The zero-order chi connectivity index (χ0) is 16.8. The van der Waals surface area contributed by atoms with Crippen LogP contribution in [0.1, 0.15) is 45.4 Å². The predicted octanol–water partition coefficient (Wildman–Crippen LogP) is 1.85. The van der Waals surface area contributed by atoms with E-state index in [2.05, 4.69) is 31.9 Å². The van der Waals surface area contributed by atoms with E-state index in [9.17, 15) is 0 Å². The first-order valence-corrected chi connectivity index (χ1v) is 10.2. The van der Waals surface area contributed by atoms with E-state index in [1.54, 1.807) is 0 Å². The van der Waals surface area contributed by atoms with Crippen LogP contribution in [0.15, 0.2) is 4.99 Å². The monoisotopic (exact) mass is 335 g/mol. The minimum absolute atomic E-state index is 0.684. The Morgan fingerprint density at radius 1 is 1.04 bits per heavy atom. The number of rotatable bonds is 5. The summed E-state index contributed by atoms with van der Waals surface area (Å²) in [6.07, 6.45) is 8.19. The predicted molar refractivity (Wildman–Crippen MR) is 102 cm³/mol. The molecule has 0 saturated carbocycles. The van der Waals surface area contributed by atoms with Crippen LogP contribution in [0.4, 0.5) is 0 Å². The summed E-state index contributed by atoms with van der Waals surface area (Å²) < 4.78 is 0. The lowest BCUT2D eigenvalue weighted by Gasteiger charge is -2.35. The van der Waals surface area contributed by atoms with Gasteiger partial charge in [0, 0.05) is 39.3 Å². The molecule has 2 atom stereocenters. The lowest BCUT2D eigenvalue weighted by atomic mass is 10.0. The van der Waals surface area contributed by atoms with Crippen LogP contribution in [0.5, 0.6) is 0 Å². The molecule has 0 amide bonds. The number of nitrogens with one attached hydrogen (secondary N) is 1. The van der Waals surface area contributed by atoms with E-state index in [0.29, 0.717) is 6.04 Å². The lowest BCUT2D eigenvalue weighted by molar-refractivity contribution is 0.156. The van der Waals surface area contributed by atoms with Gasteiger partial charge in [-0.05, 0) is 64.2 Å². The van der Waals surface area contributed by atoms with Crippen molar-refractivity contribution >= 4 is 5.96 Å². The largest absolute Gasteiger partial charge is 0.355 e. The van der Waals surface area contributed by atoms with E-state index in [-0.39, 0.29) is 0 Å². The van der Waals surface area contributed by atoms with Crippen LogP contribution in [-0.4, -0.2) is 86.1 Å². The van der Waals surface area contributed by atoms with E-state index in [1.807, 2.05) is 7.05 Å². The number of nitrogens with zero attached hydrogens (tertiary/aromatic N) is 4. The molecule has 5 nitrogen and oxygen atoms in total. The van der Waals surface area contributed by atoms with Gasteiger partial charge < -0.3 is 15.1 Å². The maximum atomic E-state index is 4.57. The van der Waals surface area contributed by atoms with E-state index in [4.69, 9.17) is 0 Å². The molecule has 2 unspecified atom stereocenters. The van der Waals surface area contributed by atoms with Crippen LogP contribution in [0.3, 0.4) is 0 Å². The number of likely N-dealkylation sites (tertiary alicyclic amines) is 3. The molecule has 3 aliphatic heterocycles. The second kappa shape index (κ2) is 9.04. The Morgan fingerprint density at radius 2 is 1.83 bits per heavy atom. The smallest absolute Gasteiger partial charge is 0.193 e. The molecule has 0 spiro atoms. The Balaban J connectivity index is 1.44. The Kier molecular flexibility index (Phi) is 6.78. The molecule has 0 aliphatic carbocycles. The van der Waals surface area contributed by atoms with Crippen molar-refractivity contribution < 1.29 is 0 Å². The molecule has 3 rings (SSSR count). The number of guanidine groups is 1. The third kappa shape index (κ3) is 4.63. The minimum atomic E-state index is 0.684. The molecular formula is C19H37N5. The Hall–Kier alpha value is -0.810. The van der Waals surface area contributed by atoms with E-state index in [0.717, 1.165) is 18.4 Å². The van der Waals surface area contributed by atoms with Crippen molar-refractivity contribution in [2.75, 3.05) is 59.4 Å². The average molecular weight is 336 g/mol. The van der Waals surface area contributed by atoms with Gasteiger partial charge in [-0.1, -0.05) is 13.3 Å². The van der Waals surface area contributed by atoms with Gasteiger partial charge in [0.05, 0.1) is 0 Å². The molecule has 0 bridgehead atoms. The Bertz CT molecular complexity index is 405. The van der Waals surface area contributed by atoms with Gasteiger partial charge in [0.15, 0.2) is 5.96 Å². The molecule has 0 radical (unpaired) electrons. The topological polar surface area (TPSA) is 34.1 Å². The van der Waals surface area contributed by atoms with Crippen LogP contribution in [0.2, 0.25) is 0 Å². The summed E-state index contributed by atoms with van der Waals surface area (Å²) in [4.78, 5) is 12.3. The standard InChI is InChI=1S/C19H37N5/c1-3-23-12-5-4-8-18(23)14-21-19(20-2)24-13-9-17(16-24)15-22-10-6-7-11-22/h17-18H,3-16H2,1-2H3,(H,20,21). The van der Waals surface area contributed by atoms with E-state index >= 15 is 0 Å². The third-order valence-electron chi connectivity index (χ3n) is 6.16. The zero-order valence-electron chi connectivity index (χ0n) is 15.8. The summed E-state index contributed by atoms with van der Waals surface area (Å²) in [5.74, 6) is 1.95. The van der Waals surface area contributed by atoms with Crippen LogP contribution in [0, 0.1) is 5.92 Å². The van der Waals surface area contributed by atoms with Crippen LogP contribution >= 0.6 is 0 Å². The van der Waals surface area contributed by atoms with Gasteiger partial charge in [0.2, 0.25) is 0 Å². The molecule has 5 heteroatoms. The number of aliphatic imine (C=N–C) groups is 1. The molecule has 138 valence electrons. The van der Waals surface area contributed by atoms with Gasteiger partial charge in [-0.25, -0.2) is 0 Å². The third-order valence-corrected chi connectivity index (χ3v) is 6.16. The average Bonchev–Trinajstić information content (AvgIpc) is 3.28. The zero-order valence-corrected chi connectivity index (χ0v) is 15.8. The normalized spacial score (nSPS) is 30.2. The summed E-state index contributed by atoms with van der Waals surface area (Å²) in [7, 11) is 1.94. The second-order valence-electron chi connectivity index (χ2n) is 7.81. The molecule has 3 fully saturated rings. The summed E-state index contributed by atoms with van der Waals surface area (Å²) in [6, 6.07) is 0.684. The number of piperidine rings is 1. The van der Waals surface area contributed by atoms with Gasteiger partial charge in [-0.3, -0.25) is 9.89 Å². The Labute approximate surface area is 148 Å². The Morgan fingerprint density at radius 3 is 2.58 bits per heavy atom. The van der Waals surface area contributed by atoms with Crippen molar-refractivity contribution in [1.29, 1.82) is 0 Å². The molecule has 1 N–H and O–H groups in total. The van der Waals surface area contributed by atoms with Gasteiger partial charge in [-0.15, -0.1) is 0 Å². The first-order valence-electron chi connectivity index (χ1n) is 10.2. The van der Waals surface area contributed by atoms with Gasteiger partial charge >= 0.3 is 0 Å². The fourth-order valence-electron chi connectivity index (χ4n) is 4.75. The molecule has 0 aromatic heterocycles. The summed E-state index contributed by atoms with van der Waals surface area (Å²) >= 11 is 0. The van der Waals surface area contributed by atoms with Gasteiger partial charge in [0.1, 0.15) is 0 Å². The molecular weight excluding hydrogens is 298 g/mol. The first kappa shape index (κ1) is 18.0. The maximum absolute atomic E-state index is 4.57. The highest BCUT2D eigenvalue weighted by Gasteiger charge is 2.28.